The van der Waals surface area contributed by atoms with Crippen LogP contribution in [0, 0.1) is 0 Å². The molecule has 5 aromatic carbocycles. The molecule has 1 fully saturated rings. The maximum absolute atomic E-state index is 2.82. The van der Waals surface area contributed by atoms with Gasteiger partial charge in [-0.25, -0.2) is 0 Å². The molecule has 0 N–H and O–H groups in total. The van der Waals surface area contributed by atoms with Crippen molar-refractivity contribution in [1.82, 2.24) is 0 Å². The maximum Gasteiger partial charge on any atom is 0.264 e. The Morgan fingerprint density at radius 1 is 0.500 bits per heavy atom. The van der Waals surface area contributed by atoms with E-state index in [0.29, 0.717) is 0 Å². The van der Waals surface area contributed by atoms with Crippen LogP contribution in [0.1, 0.15) is 212 Å². The lowest BCUT2D eigenvalue weighted by molar-refractivity contribution is 0.188. The minimum Gasteiger partial charge on any atom is -0.342 e. The Morgan fingerprint density at radius 2 is 1.03 bits per heavy atom. The molecule has 0 amide bonds. The highest BCUT2D eigenvalue weighted by atomic mass is 32.1. The molecule has 7 aliphatic rings. The lowest BCUT2D eigenvalue weighted by atomic mass is 9.35. The summed E-state index contributed by atoms with van der Waals surface area (Å²) < 4.78 is 2.98. The molecular formula is C66H81BN2S. The third-order valence-corrected chi connectivity index (χ3v) is 21.2. The Morgan fingerprint density at radius 3 is 1.61 bits per heavy atom. The van der Waals surface area contributed by atoms with E-state index in [-0.39, 0.29) is 50.0 Å². The van der Waals surface area contributed by atoms with E-state index in [1.165, 1.54) is 122 Å². The summed E-state index contributed by atoms with van der Waals surface area (Å²) in [5, 5.41) is 1.45. The van der Waals surface area contributed by atoms with Gasteiger partial charge in [0.25, 0.3) is 6.71 Å². The average molecular weight is 945 g/mol. The SMILES string of the molecule is CC(C)(C)c1ccc(N2c3cc(C(C)(C)C)cc4c3B(c3cc5c(cc3N4CCc3ccc4c(c3)C(C)(C)CCC4(C)C)C(C)(C)CCC5(C)C)c3sc4cc5c(cc4c32)C2(C)CCC5(C)CC2)cc1. The van der Waals surface area contributed by atoms with Crippen LogP contribution in [0.3, 0.4) is 0 Å². The first kappa shape index (κ1) is 46.8. The second kappa shape index (κ2) is 14.7. The highest BCUT2D eigenvalue weighted by molar-refractivity contribution is 7.33. The molecular weight excluding hydrogens is 864 g/mol. The zero-order chi connectivity index (χ0) is 49.7. The van der Waals surface area contributed by atoms with Crippen LogP contribution in [0.2, 0.25) is 0 Å². The molecule has 1 saturated carbocycles. The normalized spacial score (nSPS) is 24.1. The Kier molecular flexibility index (Phi) is 9.82. The predicted octanol–water partition coefficient (Wildman–Crippen LogP) is 16.3. The van der Waals surface area contributed by atoms with E-state index in [1.807, 2.05) is 0 Å². The van der Waals surface area contributed by atoms with Crippen molar-refractivity contribution in [2.75, 3.05) is 16.3 Å². The summed E-state index contributed by atoms with van der Waals surface area (Å²) in [4.78, 5) is 5.58. The number of anilines is 5. The lowest BCUT2D eigenvalue weighted by Crippen LogP contribution is -2.61. The summed E-state index contributed by atoms with van der Waals surface area (Å²) in [6.45, 7) is 40.5. The molecule has 0 saturated heterocycles. The molecule has 0 atom stereocenters. The Hall–Kier alpha value is -4.28. The van der Waals surface area contributed by atoms with E-state index in [4.69, 9.17) is 0 Å². The number of hydrogen-bond donors (Lipinski definition) is 0. The van der Waals surface area contributed by atoms with Crippen LogP contribution >= 0.6 is 11.3 Å². The van der Waals surface area contributed by atoms with Crippen LogP contribution in [-0.4, -0.2) is 13.3 Å². The van der Waals surface area contributed by atoms with Gasteiger partial charge < -0.3 is 9.80 Å². The van der Waals surface area contributed by atoms with Crippen molar-refractivity contribution in [3.05, 3.63) is 129 Å². The quantitative estimate of drug-likeness (QED) is 0.162. The van der Waals surface area contributed by atoms with Crippen LogP contribution < -0.4 is 25.5 Å². The third-order valence-electron chi connectivity index (χ3n) is 20.0. The highest BCUT2D eigenvalue weighted by Gasteiger charge is 2.51. The summed E-state index contributed by atoms with van der Waals surface area (Å²) in [5.74, 6) is 0. The predicted molar refractivity (Wildman–Crippen MR) is 306 cm³/mol. The lowest BCUT2D eigenvalue weighted by Gasteiger charge is -2.52. The zero-order valence-electron chi connectivity index (χ0n) is 46.0. The summed E-state index contributed by atoms with van der Waals surface area (Å²) in [5.41, 5.74) is 24.7. The molecule has 2 bridgehead atoms. The fourth-order valence-electron chi connectivity index (χ4n) is 14.6. The highest BCUT2D eigenvalue weighted by Crippen LogP contribution is 2.59. The number of thiophene rings is 1. The molecule has 2 aliphatic heterocycles. The van der Waals surface area contributed by atoms with Gasteiger partial charge in [-0.1, -0.05) is 147 Å². The van der Waals surface area contributed by atoms with Crippen molar-refractivity contribution in [2.24, 2.45) is 0 Å². The monoisotopic (exact) mass is 945 g/mol. The Balaban J connectivity index is 1.15. The van der Waals surface area contributed by atoms with Crippen molar-refractivity contribution in [1.29, 1.82) is 0 Å². The van der Waals surface area contributed by atoms with Crippen molar-refractivity contribution in [3.8, 4) is 0 Å². The fourth-order valence-corrected chi connectivity index (χ4v) is 16.0. The molecule has 0 radical (unpaired) electrons. The molecule has 364 valence electrons. The molecule has 0 spiro atoms. The van der Waals surface area contributed by atoms with E-state index in [1.54, 1.807) is 33.4 Å². The molecule has 3 heterocycles. The first-order valence-electron chi connectivity index (χ1n) is 27.4. The van der Waals surface area contributed by atoms with E-state index in [9.17, 15) is 0 Å². The van der Waals surface area contributed by atoms with Gasteiger partial charge in [0.2, 0.25) is 0 Å². The van der Waals surface area contributed by atoms with Crippen LogP contribution in [0.5, 0.6) is 0 Å². The van der Waals surface area contributed by atoms with Gasteiger partial charge in [0.15, 0.2) is 0 Å². The molecule has 13 rings (SSSR count). The summed E-state index contributed by atoms with van der Waals surface area (Å²) in [6, 6.07) is 33.5. The molecule has 2 nitrogen and oxygen atoms in total. The second-order valence-electron chi connectivity index (χ2n) is 28.8. The van der Waals surface area contributed by atoms with E-state index >= 15 is 0 Å². The van der Waals surface area contributed by atoms with Gasteiger partial charge in [-0.05, 0) is 205 Å². The Labute approximate surface area is 427 Å². The van der Waals surface area contributed by atoms with Gasteiger partial charge in [0, 0.05) is 44.2 Å². The second-order valence-corrected chi connectivity index (χ2v) is 29.9. The summed E-state index contributed by atoms with van der Waals surface area (Å²) in [7, 11) is 0. The molecule has 1 aromatic heterocycles. The van der Waals surface area contributed by atoms with Gasteiger partial charge in [0.1, 0.15) is 0 Å². The van der Waals surface area contributed by atoms with E-state index in [2.05, 4.69) is 211 Å². The van der Waals surface area contributed by atoms with Gasteiger partial charge in [0.05, 0.1) is 5.69 Å². The minimum absolute atomic E-state index is 0.0627. The molecule has 4 heteroatoms. The summed E-state index contributed by atoms with van der Waals surface area (Å²) >= 11 is 2.12. The van der Waals surface area contributed by atoms with Gasteiger partial charge in [-0.3, -0.25) is 0 Å². The topological polar surface area (TPSA) is 6.48 Å². The van der Waals surface area contributed by atoms with Crippen LogP contribution in [-0.2, 0) is 49.7 Å². The third kappa shape index (κ3) is 6.82. The number of hydrogen-bond acceptors (Lipinski definition) is 3. The largest absolute Gasteiger partial charge is 0.342 e. The van der Waals surface area contributed by atoms with E-state index in [0.717, 1.165) is 13.0 Å². The molecule has 6 aromatic rings. The van der Waals surface area contributed by atoms with Crippen LogP contribution in [0.25, 0.3) is 10.1 Å². The molecule has 5 aliphatic carbocycles. The van der Waals surface area contributed by atoms with Crippen LogP contribution in [0.4, 0.5) is 28.4 Å². The van der Waals surface area contributed by atoms with Gasteiger partial charge >= 0.3 is 0 Å². The molecule has 0 unspecified atom stereocenters. The number of nitrogens with zero attached hydrogens (tertiary/aromatic N) is 2. The smallest absolute Gasteiger partial charge is 0.264 e. The first-order valence-corrected chi connectivity index (χ1v) is 28.2. The van der Waals surface area contributed by atoms with Crippen LogP contribution in [0.15, 0.2) is 78.9 Å². The van der Waals surface area contributed by atoms with Crippen molar-refractivity contribution >= 4 is 72.3 Å². The van der Waals surface area contributed by atoms with Crippen molar-refractivity contribution in [3.63, 3.8) is 0 Å². The van der Waals surface area contributed by atoms with Gasteiger partial charge in [-0.15, -0.1) is 11.3 Å². The van der Waals surface area contributed by atoms with E-state index < -0.39 is 0 Å². The van der Waals surface area contributed by atoms with Crippen molar-refractivity contribution < 1.29 is 0 Å². The van der Waals surface area contributed by atoms with Crippen molar-refractivity contribution in [2.45, 2.75) is 212 Å². The Bertz CT molecular complexity index is 3170. The maximum atomic E-state index is 2.82. The summed E-state index contributed by atoms with van der Waals surface area (Å²) in [6.07, 6.45) is 11.1. The number of rotatable bonds is 4. The zero-order valence-corrected chi connectivity index (χ0v) is 46.8. The first-order chi connectivity index (χ1) is 32.6. The standard InChI is InChI=1S/C66H81BN2S/c1-59(2,3)41-18-20-43(21-19-41)69-54-35-42(60(4,5)6)34-53-56(54)67(58-57(69)44-36-49-50(39-55(44)70-58)66(16)30-28-65(49,15)29-31-66)51-37-47-48(64(13,14)27-26-63(47,11)12)38-52(51)68(53)32-23-40-17-22-45-46(33-40)62(9,10)25-24-61(45,7)8/h17-22,33-39H,23-32H2,1-16H3. The minimum atomic E-state index is -0.0627. The average Bonchev–Trinajstić information content (AvgIpc) is 3.66. The number of benzene rings is 5. The fraction of sp³-hybridized carbons (Fsp3) is 0.515. The number of fused-ring (bicyclic) bond motifs is 10. The molecule has 70 heavy (non-hydrogen) atoms. The van der Waals surface area contributed by atoms with Gasteiger partial charge in [-0.2, -0.15) is 0 Å².